The van der Waals surface area contributed by atoms with Crippen LogP contribution in [0.15, 0.2) is 4.52 Å². The van der Waals surface area contributed by atoms with Crippen molar-refractivity contribution in [2.45, 2.75) is 70.3 Å². The first-order chi connectivity index (χ1) is 9.79. The highest BCUT2D eigenvalue weighted by Gasteiger charge is 2.43. The number of ether oxygens (including phenoxy) is 1. The summed E-state index contributed by atoms with van der Waals surface area (Å²) in [7, 11) is 0. The number of hydrogen-bond donors (Lipinski definition) is 0. The van der Waals surface area contributed by atoms with Crippen LogP contribution in [0.4, 0.5) is 0 Å². The molecule has 0 aliphatic carbocycles. The molecule has 0 unspecified atom stereocenters. The summed E-state index contributed by atoms with van der Waals surface area (Å²) in [6.45, 7) is 12.4. The summed E-state index contributed by atoms with van der Waals surface area (Å²) >= 11 is 1.74. The summed E-state index contributed by atoms with van der Waals surface area (Å²) in [5.41, 5.74) is -0.826. The molecule has 5 nitrogen and oxygen atoms in total. The molecule has 0 amide bonds. The van der Waals surface area contributed by atoms with Gasteiger partial charge in [-0.1, -0.05) is 39.8 Å². The maximum atomic E-state index is 12.3. The van der Waals surface area contributed by atoms with Crippen LogP contribution in [0.25, 0.3) is 0 Å². The molecule has 1 heterocycles. The Morgan fingerprint density at radius 2 is 1.86 bits per heavy atom. The highest BCUT2D eigenvalue weighted by molar-refractivity contribution is 7.99. The average molecular weight is 314 g/mol. The molecule has 0 bridgehead atoms. The monoisotopic (exact) mass is 314 g/mol. The molecule has 6 heteroatoms. The fraction of sp³-hybridized carbons (Fsp3) is 0.800. The first-order valence-electron chi connectivity index (χ1n) is 7.43. The molecule has 1 aromatic rings. The first kappa shape index (κ1) is 18.0. The minimum Gasteiger partial charge on any atom is -0.465 e. The van der Waals surface area contributed by atoms with E-state index in [4.69, 9.17) is 9.26 Å². The van der Waals surface area contributed by atoms with Gasteiger partial charge >= 0.3 is 5.97 Å². The van der Waals surface area contributed by atoms with Crippen molar-refractivity contribution in [1.29, 1.82) is 0 Å². The Hall–Kier alpha value is -1.04. The predicted molar refractivity (Wildman–Crippen MR) is 84.2 cm³/mol. The molecule has 0 saturated carbocycles. The van der Waals surface area contributed by atoms with Gasteiger partial charge in [0.05, 0.1) is 12.4 Å². The third-order valence-corrected chi connectivity index (χ3v) is 4.65. The van der Waals surface area contributed by atoms with Crippen LogP contribution in [0.5, 0.6) is 0 Å². The van der Waals surface area contributed by atoms with E-state index in [9.17, 15) is 4.79 Å². The van der Waals surface area contributed by atoms with Gasteiger partial charge in [0.1, 0.15) is 5.41 Å². The van der Waals surface area contributed by atoms with Gasteiger partial charge in [0.25, 0.3) is 0 Å². The summed E-state index contributed by atoms with van der Waals surface area (Å²) in [5, 5.41) is 4.01. The van der Waals surface area contributed by atoms with Crippen molar-refractivity contribution in [3.8, 4) is 0 Å². The van der Waals surface area contributed by atoms with E-state index in [-0.39, 0.29) is 10.7 Å². The van der Waals surface area contributed by atoms with E-state index in [1.165, 1.54) is 0 Å². The Morgan fingerprint density at radius 1 is 1.24 bits per heavy atom. The molecule has 120 valence electrons. The SMILES string of the molecule is CCOC(=O)C(CC)(CC)c1nc(CSC(C)(C)C)no1. The van der Waals surface area contributed by atoms with Gasteiger partial charge in [-0.2, -0.15) is 4.98 Å². The lowest BCUT2D eigenvalue weighted by Crippen LogP contribution is -2.36. The summed E-state index contributed by atoms with van der Waals surface area (Å²) in [5.74, 6) is 1.38. The van der Waals surface area contributed by atoms with Gasteiger partial charge in [-0.05, 0) is 19.8 Å². The Bertz CT molecular complexity index is 462. The van der Waals surface area contributed by atoms with Crippen LogP contribution in [0.2, 0.25) is 0 Å². The van der Waals surface area contributed by atoms with Crippen molar-refractivity contribution in [3.05, 3.63) is 11.7 Å². The summed E-state index contributed by atoms with van der Waals surface area (Å²) < 4.78 is 10.7. The molecular weight excluding hydrogens is 288 g/mol. The molecule has 0 radical (unpaired) electrons. The van der Waals surface area contributed by atoms with Crippen LogP contribution in [-0.4, -0.2) is 27.5 Å². The Kier molecular flexibility index (Phi) is 6.25. The van der Waals surface area contributed by atoms with E-state index in [0.717, 1.165) is 0 Å². The van der Waals surface area contributed by atoms with Gasteiger partial charge in [0, 0.05) is 4.75 Å². The maximum absolute atomic E-state index is 12.3. The van der Waals surface area contributed by atoms with Crippen LogP contribution in [0.3, 0.4) is 0 Å². The summed E-state index contributed by atoms with van der Waals surface area (Å²) in [6.07, 6.45) is 1.16. The molecule has 0 atom stereocenters. The van der Waals surface area contributed by atoms with E-state index >= 15 is 0 Å². The zero-order valence-electron chi connectivity index (χ0n) is 13.9. The molecule has 0 aliphatic heterocycles. The highest BCUT2D eigenvalue weighted by atomic mass is 32.2. The minimum atomic E-state index is -0.826. The smallest absolute Gasteiger partial charge is 0.321 e. The van der Waals surface area contributed by atoms with Crippen molar-refractivity contribution >= 4 is 17.7 Å². The molecule has 0 saturated heterocycles. The van der Waals surface area contributed by atoms with E-state index in [1.807, 2.05) is 13.8 Å². The van der Waals surface area contributed by atoms with Crippen molar-refractivity contribution in [1.82, 2.24) is 10.1 Å². The lowest BCUT2D eigenvalue weighted by molar-refractivity contribution is -0.151. The molecule has 1 rings (SSSR count). The van der Waals surface area contributed by atoms with E-state index in [2.05, 4.69) is 30.9 Å². The second-order valence-corrected chi connectivity index (χ2v) is 7.73. The summed E-state index contributed by atoms with van der Waals surface area (Å²) in [6, 6.07) is 0. The number of carbonyl (C=O) groups excluding carboxylic acids is 1. The van der Waals surface area contributed by atoms with Crippen molar-refractivity contribution in [3.63, 3.8) is 0 Å². The molecule has 0 spiro atoms. The van der Waals surface area contributed by atoms with Crippen LogP contribution in [0, 0.1) is 0 Å². The largest absolute Gasteiger partial charge is 0.465 e. The number of thioether (sulfide) groups is 1. The molecule has 0 aliphatic rings. The molecular formula is C15H26N2O3S. The second-order valence-electron chi connectivity index (χ2n) is 5.93. The minimum absolute atomic E-state index is 0.133. The topological polar surface area (TPSA) is 65.2 Å². The zero-order chi connectivity index (χ0) is 16.1. The lowest BCUT2D eigenvalue weighted by atomic mass is 9.82. The van der Waals surface area contributed by atoms with Gasteiger partial charge in [0.2, 0.25) is 5.89 Å². The van der Waals surface area contributed by atoms with Gasteiger partial charge < -0.3 is 9.26 Å². The second kappa shape index (κ2) is 7.29. The van der Waals surface area contributed by atoms with Gasteiger partial charge in [0.15, 0.2) is 5.82 Å². The Labute approximate surface area is 131 Å². The van der Waals surface area contributed by atoms with Crippen LogP contribution in [0.1, 0.15) is 66.1 Å². The number of esters is 1. The number of nitrogens with zero attached hydrogens (tertiary/aromatic N) is 2. The Morgan fingerprint density at radius 3 is 2.33 bits per heavy atom. The van der Waals surface area contributed by atoms with Gasteiger partial charge in [-0.3, -0.25) is 4.79 Å². The highest BCUT2D eigenvalue weighted by Crippen LogP contribution is 2.33. The van der Waals surface area contributed by atoms with Crippen molar-refractivity contribution in [2.24, 2.45) is 0 Å². The fourth-order valence-corrected chi connectivity index (χ4v) is 2.67. The fourth-order valence-electron chi connectivity index (χ4n) is 1.99. The number of aromatic nitrogens is 2. The number of carbonyl (C=O) groups is 1. The summed E-state index contributed by atoms with van der Waals surface area (Å²) in [4.78, 5) is 16.7. The van der Waals surface area contributed by atoms with E-state index in [0.29, 0.717) is 36.9 Å². The van der Waals surface area contributed by atoms with Crippen molar-refractivity contribution in [2.75, 3.05) is 6.61 Å². The normalized spacial score (nSPS) is 12.5. The third kappa shape index (κ3) is 4.46. The number of hydrogen-bond acceptors (Lipinski definition) is 6. The van der Waals surface area contributed by atoms with Gasteiger partial charge in [-0.15, -0.1) is 11.8 Å². The third-order valence-electron chi connectivity index (χ3n) is 3.39. The van der Waals surface area contributed by atoms with Crippen LogP contribution >= 0.6 is 11.8 Å². The standard InChI is InChI=1S/C15H26N2O3S/c1-7-15(8-2,13(18)19-9-3)12-16-11(17-20-12)10-21-14(4,5)6/h7-10H2,1-6H3. The van der Waals surface area contributed by atoms with Crippen molar-refractivity contribution < 1.29 is 14.1 Å². The molecule has 0 aromatic carbocycles. The molecule has 0 N–H and O–H groups in total. The quantitative estimate of drug-likeness (QED) is 0.715. The van der Waals surface area contributed by atoms with E-state index < -0.39 is 5.41 Å². The zero-order valence-corrected chi connectivity index (χ0v) is 14.7. The van der Waals surface area contributed by atoms with Crippen LogP contribution < -0.4 is 0 Å². The predicted octanol–water partition coefficient (Wildman–Crippen LogP) is 3.72. The van der Waals surface area contributed by atoms with Crippen LogP contribution in [-0.2, 0) is 20.7 Å². The maximum Gasteiger partial charge on any atom is 0.321 e. The Balaban J connectivity index is 2.95. The average Bonchev–Trinajstić information content (AvgIpc) is 2.87. The van der Waals surface area contributed by atoms with E-state index in [1.54, 1.807) is 18.7 Å². The first-order valence-corrected chi connectivity index (χ1v) is 8.41. The number of rotatable bonds is 7. The van der Waals surface area contributed by atoms with Gasteiger partial charge in [-0.25, -0.2) is 0 Å². The lowest BCUT2D eigenvalue weighted by Gasteiger charge is -2.24. The molecule has 0 fully saturated rings. The molecule has 21 heavy (non-hydrogen) atoms. The molecule has 1 aromatic heterocycles.